The largest absolute Gasteiger partial charge is 0.481 e. The van der Waals surface area contributed by atoms with Crippen LogP contribution in [0, 0.1) is 5.92 Å². The van der Waals surface area contributed by atoms with Gasteiger partial charge in [-0.3, -0.25) is 4.79 Å². The second-order valence-electron chi connectivity index (χ2n) is 5.08. The van der Waals surface area contributed by atoms with Crippen molar-refractivity contribution in [3.8, 4) is 0 Å². The number of ether oxygens (including phenoxy) is 1. The SMILES string of the molecule is CCCC(CNC(=O)NC1CCOC(C)C1)C(=O)O. The maximum Gasteiger partial charge on any atom is 0.315 e. The number of carbonyl (C=O) groups excluding carboxylic acids is 1. The van der Waals surface area contributed by atoms with Crippen LogP contribution >= 0.6 is 0 Å². The summed E-state index contributed by atoms with van der Waals surface area (Å²) in [5, 5.41) is 14.5. The lowest BCUT2D eigenvalue weighted by Gasteiger charge is -2.28. The summed E-state index contributed by atoms with van der Waals surface area (Å²) in [6.07, 6.45) is 3.12. The average molecular weight is 272 g/mol. The summed E-state index contributed by atoms with van der Waals surface area (Å²) < 4.78 is 5.40. The third-order valence-corrected chi connectivity index (χ3v) is 3.32. The van der Waals surface area contributed by atoms with Gasteiger partial charge >= 0.3 is 12.0 Å². The van der Waals surface area contributed by atoms with Gasteiger partial charge in [-0.1, -0.05) is 13.3 Å². The molecule has 0 radical (unpaired) electrons. The summed E-state index contributed by atoms with van der Waals surface area (Å²) in [6, 6.07) is -0.181. The molecule has 0 aromatic carbocycles. The van der Waals surface area contributed by atoms with E-state index in [2.05, 4.69) is 10.6 Å². The number of carboxylic acids is 1. The molecule has 0 aliphatic carbocycles. The lowest BCUT2D eigenvalue weighted by molar-refractivity contribution is -0.141. The molecule has 110 valence electrons. The Bertz CT molecular complexity index is 309. The second-order valence-corrected chi connectivity index (χ2v) is 5.08. The molecule has 0 saturated carbocycles. The molecule has 3 N–H and O–H groups in total. The van der Waals surface area contributed by atoms with Gasteiger partial charge in [0.1, 0.15) is 0 Å². The van der Waals surface area contributed by atoms with Crippen LogP contribution in [0.2, 0.25) is 0 Å². The highest BCUT2D eigenvalue weighted by atomic mass is 16.5. The van der Waals surface area contributed by atoms with E-state index >= 15 is 0 Å². The third kappa shape index (κ3) is 5.92. The molecular weight excluding hydrogens is 248 g/mol. The second kappa shape index (κ2) is 7.99. The number of aliphatic carboxylic acids is 1. The Balaban J connectivity index is 2.28. The number of rotatable bonds is 6. The van der Waals surface area contributed by atoms with Crippen LogP contribution in [0.15, 0.2) is 0 Å². The van der Waals surface area contributed by atoms with Crippen molar-refractivity contribution >= 4 is 12.0 Å². The fourth-order valence-corrected chi connectivity index (χ4v) is 2.24. The zero-order valence-electron chi connectivity index (χ0n) is 11.6. The van der Waals surface area contributed by atoms with Crippen LogP contribution in [0.1, 0.15) is 39.5 Å². The number of carbonyl (C=O) groups is 2. The van der Waals surface area contributed by atoms with E-state index in [1.807, 2.05) is 13.8 Å². The fourth-order valence-electron chi connectivity index (χ4n) is 2.24. The Morgan fingerprint density at radius 1 is 1.47 bits per heavy atom. The Labute approximate surface area is 113 Å². The summed E-state index contributed by atoms with van der Waals surface area (Å²) in [6.45, 7) is 4.74. The minimum Gasteiger partial charge on any atom is -0.481 e. The highest BCUT2D eigenvalue weighted by molar-refractivity contribution is 5.76. The predicted octanol–water partition coefficient (Wildman–Crippen LogP) is 1.35. The molecule has 2 amide bonds. The molecule has 1 saturated heterocycles. The first kappa shape index (κ1) is 15.8. The molecule has 0 bridgehead atoms. The third-order valence-electron chi connectivity index (χ3n) is 3.32. The van der Waals surface area contributed by atoms with Crippen molar-refractivity contribution in [3.63, 3.8) is 0 Å². The molecule has 1 heterocycles. The first-order valence-electron chi connectivity index (χ1n) is 6.91. The van der Waals surface area contributed by atoms with E-state index in [0.717, 1.165) is 19.3 Å². The quantitative estimate of drug-likeness (QED) is 0.681. The number of amides is 2. The van der Waals surface area contributed by atoms with Gasteiger partial charge in [-0.25, -0.2) is 4.79 Å². The van der Waals surface area contributed by atoms with E-state index in [1.54, 1.807) is 0 Å². The van der Waals surface area contributed by atoms with Gasteiger partial charge in [0.15, 0.2) is 0 Å². The molecule has 1 rings (SSSR count). The maximum atomic E-state index is 11.7. The number of urea groups is 1. The van der Waals surface area contributed by atoms with E-state index in [0.29, 0.717) is 13.0 Å². The predicted molar refractivity (Wildman–Crippen MR) is 71.0 cm³/mol. The van der Waals surface area contributed by atoms with Crippen LogP contribution < -0.4 is 10.6 Å². The number of hydrogen-bond acceptors (Lipinski definition) is 3. The number of hydrogen-bond donors (Lipinski definition) is 3. The Morgan fingerprint density at radius 2 is 2.21 bits per heavy atom. The highest BCUT2D eigenvalue weighted by Gasteiger charge is 2.22. The minimum absolute atomic E-state index is 0.109. The average Bonchev–Trinajstić information content (AvgIpc) is 2.34. The van der Waals surface area contributed by atoms with Crippen LogP contribution in [-0.2, 0) is 9.53 Å². The van der Waals surface area contributed by atoms with Crippen molar-refractivity contribution in [2.24, 2.45) is 5.92 Å². The maximum absolute atomic E-state index is 11.7. The van der Waals surface area contributed by atoms with Gasteiger partial charge in [0.05, 0.1) is 12.0 Å². The van der Waals surface area contributed by atoms with Crippen LogP contribution in [0.5, 0.6) is 0 Å². The monoisotopic (exact) mass is 272 g/mol. The zero-order valence-corrected chi connectivity index (χ0v) is 11.6. The van der Waals surface area contributed by atoms with Crippen LogP contribution in [0.3, 0.4) is 0 Å². The molecule has 3 unspecified atom stereocenters. The Hall–Kier alpha value is -1.30. The van der Waals surface area contributed by atoms with Gasteiger partial charge in [-0.15, -0.1) is 0 Å². The van der Waals surface area contributed by atoms with Crippen molar-refractivity contribution in [1.29, 1.82) is 0 Å². The molecular formula is C13H24N2O4. The molecule has 0 spiro atoms. The standard InChI is InChI=1S/C13H24N2O4/c1-3-4-10(12(16)17)8-14-13(18)15-11-5-6-19-9(2)7-11/h9-11H,3-8H2,1-2H3,(H,16,17)(H2,14,15,18). The summed E-state index contributed by atoms with van der Waals surface area (Å²) in [4.78, 5) is 22.6. The van der Waals surface area contributed by atoms with Gasteiger partial charge in [-0.2, -0.15) is 0 Å². The Kier molecular flexibility index (Phi) is 6.62. The van der Waals surface area contributed by atoms with Crippen LogP contribution in [0.4, 0.5) is 4.79 Å². The van der Waals surface area contributed by atoms with E-state index in [-0.39, 0.29) is 24.7 Å². The topological polar surface area (TPSA) is 87.7 Å². The zero-order chi connectivity index (χ0) is 14.3. The van der Waals surface area contributed by atoms with Crippen LogP contribution in [0.25, 0.3) is 0 Å². The molecule has 1 fully saturated rings. The molecule has 19 heavy (non-hydrogen) atoms. The first-order valence-corrected chi connectivity index (χ1v) is 6.91. The van der Waals surface area contributed by atoms with Gasteiger partial charge in [0.2, 0.25) is 0 Å². The van der Waals surface area contributed by atoms with E-state index in [4.69, 9.17) is 9.84 Å². The van der Waals surface area contributed by atoms with Gasteiger partial charge in [-0.05, 0) is 26.2 Å². The summed E-state index contributed by atoms with van der Waals surface area (Å²) in [5.41, 5.74) is 0. The smallest absolute Gasteiger partial charge is 0.315 e. The van der Waals surface area contributed by atoms with Crippen molar-refractivity contribution in [2.75, 3.05) is 13.2 Å². The molecule has 6 nitrogen and oxygen atoms in total. The molecule has 1 aliphatic rings. The summed E-state index contributed by atoms with van der Waals surface area (Å²) in [7, 11) is 0. The van der Waals surface area contributed by atoms with Crippen molar-refractivity contribution in [1.82, 2.24) is 10.6 Å². The van der Waals surface area contributed by atoms with Crippen molar-refractivity contribution in [2.45, 2.75) is 51.7 Å². The van der Waals surface area contributed by atoms with Gasteiger partial charge in [0, 0.05) is 19.2 Å². The van der Waals surface area contributed by atoms with E-state index in [1.165, 1.54) is 0 Å². The summed E-state index contributed by atoms with van der Waals surface area (Å²) in [5.74, 6) is -1.37. The van der Waals surface area contributed by atoms with Crippen molar-refractivity contribution in [3.05, 3.63) is 0 Å². The summed E-state index contributed by atoms with van der Waals surface area (Å²) >= 11 is 0. The van der Waals surface area contributed by atoms with Crippen LogP contribution in [-0.4, -0.2) is 42.4 Å². The number of nitrogens with one attached hydrogen (secondary N) is 2. The lowest BCUT2D eigenvalue weighted by atomic mass is 10.0. The molecule has 0 aromatic heterocycles. The molecule has 6 heteroatoms. The van der Waals surface area contributed by atoms with Gasteiger partial charge in [0.25, 0.3) is 0 Å². The first-order chi connectivity index (χ1) is 9.02. The number of carboxylic acid groups (broad SMARTS) is 1. The van der Waals surface area contributed by atoms with E-state index in [9.17, 15) is 9.59 Å². The fraction of sp³-hybridized carbons (Fsp3) is 0.846. The molecule has 1 aliphatic heterocycles. The van der Waals surface area contributed by atoms with E-state index < -0.39 is 11.9 Å². The Morgan fingerprint density at radius 3 is 2.79 bits per heavy atom. The highest BCUT2D eigenvalue weighted by Crippen LogP contribution is 2.13. The minimum atomic E-state index is -0.859. The molecule has 0 aromatic rings. The van der Waals surface area contributed by atoms with Gasteiger partial charge < -0.3 is 20.5 Å². The normalized spacial score (nSPS) is 24.5. The van der Waals surface area contributed by atoms with Crippen molar-refractivity contribution < 1.29 is 19.4 Å². The molecule has 3 atom stereocenters. The lowest BCUT2D eigenvalue weighted by Crippen LogP contribution is -2.47.